The highest BCUT2D eigenvalue weighted by atomic mass is 32.1. The largest absolute Gasteiger partial charge is 0.462 e. The van der Waals surface area contributed by atoms with Gasteiger partial charge in [-0.05, 0) is 43.3 Å². The molecule has 0 amide bonds. The first kappa shape index (κ1) is 18.9. The molecule has 6 nitrogen and oxygen atoms in total. The summed E-state index contributed by atoms with van der Waals surface area (Å²) < 4.78 is 7.17. The van der Waals surface area contributed by atoms with Gasteiger partial charge in [0.2, 0.25) is 0 Å². The van der Waals surface area contributed by atoms with Crippen molar-refractivity contribution >= 4 is 35.1 Å². The molecule has 130 valence electrons. The Bertz CT molecular complexity index is 1020. The average Bonchev–Trinajstić information content (AvgIpc) is 3.25. The zero-order valence-corrected chi connectivity index (χ0v) is 14.7. The third kappa shape index (κ3) is 4.14. The number of nitrogens with zero attached hydrogens (tertiary/aromatic N) is 2. The van der Waals surface area contributed by atoms with E-state index in [2.05, 4.69) is 0 Å². The molecule has 0 aromatic carbocycles. The number of aromatic nitrogens is 1. The fourth-order valence-electron chi connectivity index (χ4n) is 2.43. The lowest BCUT2D eigenvalue weighted by molar-refractivity contribution is -0.191. The van der Waals surface area contributed by atoms with Crippen LogP contribution in [0.1, 0.15) is 22.2 Å². The van der Waals surface area contributed by atoms with E-state index < -0.39 is 0 Å². The van der Waals surface area contributed by atoms with Crippen LogP contribution in [0.25, 0.3) is 22.2 Å². The van der Waals surface area contributed by atoms with Gasteiger partial charge in [-0.25, -0.2) is 4.79 Å². The minimum Gasteiger partial charge on any atom is -0.462 e. The molecule has 0 bridgehead atoms. The molecule has 0 aliphatic rings. The van der Waals surface area contributed by atoms with Crippen molar-refractivity contribution in [3.05, 3.63) is 59.1 Å². The molecule has 3 heterocycles. The van der Waals surface area contributed by atoms with E-state index >= 15 is 0 Å². The van der Waals surface area contributed by atoms with E-state index in [0.717, 1.165) is 21.0 Å². The number of rotatable bonds is 4. The zero-order chi connectivity index (χ0) is 18.9. The second-order valence-electron chi connectivity index (χ2n) is 4.87. The maximum Gasteiger partial charge on any atom is 0.373 e. The lowest BCUT2D eigenvalue weighted by Gasteiger charge is -2.04. The SMILES string of the molecule is CCOC(=O)c1cc2ccccn2c1-c1ccc(/C=C\C#N)s1.O=C=O. The summed E-state index contributed by atoms with van der Waals surface area (Å²) in [6, 6.07) is 13.5. The zero-order valence-electron chi connectivity index (χ0n) is 13.8. The third-order valence-corrected chi connectivity index (χ3v) is 4.41. The number of allylic oxidation sites excluding steroid dienone is 1. The van der Waals surface area contributed by atoms with E-state index in [4.69, 9.17) is 19.6 Å². The Morgan fingerprint density at radius 2 is 2.08 bits per heavy atom. The molecule has 0 atom stereocenters. The molecular weight excluding hydrogens is 352 g/mol. The van der Waals surface area contributed by atoms with Gasteiger partial charge in [0.15, 0.2) is 0 Å². The van der Waals surface area contributed by atoms with Gasteiger partial charge in [0.25, 0.3) is 0 Å². The quantitative estimate of drug-likeness (QED) is 0.518. The van der Waals surface area contributed by atoms with Gasteiger partial charge < -0.3 is 9.14 Å². The smallest absolute Gasteiger partial charge is 0.373 e. The van der Waals surface area contributed by atoms with Crippen molar-refractivity contribution in [1.82, 2.24) is 4.40 Å². The molecule has 0 aliphatic carbocycles. The van der Waals surface area contributed by atoms with E-state index in [9.17, 15) is 4.79 Å². The molecule has 0 saturated carbocycles. The van der Waals surface area contributed by atoms with E-state index in [1.165, 1.54) is 17.4 Å². The monoisotopic (exact) mass is 366 g/mol. The van der Waals surface area contributed by atoms with Crippen molar-refractivity contribution in [2.75, 3.05) is 6.61 Å². The number of esters is 1. The number of carbonyl (C=O) groups excluding carboxylic acids is 3. The highest BCUT2D eigenvalue weighted by Gasteiger charge is 2.20. The predicted octanol–water partition coefficient (Wildman–Crippen LogP) is 3.80. The van der Waals surface area contributed by atoms with Crippen LogP contribution < -0.4 is 0 Å². The molecule has 26 heavy (non-hydrogen) atoms. The fraction of sp³-hybridized carbons (Fsp3) is 0.105. The first-order valence-electron chi connectivity index (χ1n) is 7.59. The second kappa shape index (κ2) is 9.14. The molecule has 0 N–H and O–H groups in total. The van der Waals surface area contributed by atoms with Crippen molar-refractivity contribution in [2.45, 2.75) is 6.92 Å². The molecule has 0 radical (unpaired) electrons. The van der Waals surface area contributed by atoms with E-state index in [1.807, 2.05) is 53.1 Å². The van der Waals surface area contributed by atoms with Gasteiger partial charge in [0, 0.05) is 22.7 Å². The summed E-state index contributed by atoms with van der Waals surface area (Å²) in [5.74, 6) is -0.325. The highest BCUT2D eigenvalue weighted by molar-refractivity contribution is 7.16. The van der Waals surface area contributed by atoms with E-state index in [0.29, 0.717) is 12.2 Å². The predicted molar refractivity (Wildman–Crippen MR) is 96.3 cm³/mol. The van der Waals surface area contributed by atoms with Gasteiger partial charge in [0.05, 0.1) is 28.8 Å². The summed E-state index contributed by atoms with van der Waals surface area (Å²) in [5, 5.41) is 8.64. The Balaban J connectivity index is 0.000000758. The number of thiophene rings is 1. The maximum atomic E-state index is 12.3. The van der Waals surface area contributed by atoms with Gasteiger partial charge in [0.1, 0.15) is 0 Å². The van der Waals surface area contributed by atoms with Crippen LogP contribution in [-0.2, 0) is 14.3 Å². The van der Waals surface area contributed by atoms with Crippen molar-refractivity contribution in [2.24, 2.45) is 0 Å². The fourth-order valence-corrected chi connectivity index (χ4v) is 3.40. The van der Waals surface area contributed by atoms with Gasteiger partial charge in [-0.2, -0.15) is 14.9 Å². The summed E-state index contributed by atoms with van der Waals surface area (Å²) in [6.45, 7) is 2.13. The topological polar surface area (TPSA) is 88.6 Å². The molecule has 0 saturated heterocycles. The molecule has 0 spiro atoms. The molecule has 3 aromatic rings. The Labute approximate surface area is 153 Å². The Hall–Kier alpha value is -3.46. The molecule has 7 heteroatoms. The molecular formula is C19H14N2O4S. The third-order valence-electron chi connectivity index (χ3n) is 3.36. The van der Waals surface area contributed by atoms with Gasteiger partial charge in [-0.3, -0.25) is 0 Å². The van der Waals surface area contributed by atoms with Crippen LogP contribution in [0.2, 0.25) is 0 Å². The van der Waals surface area contributed by atoms with Gasteiger partial charge in [-0.15, -0.1) is 11.3 Å². The van der Waals surface area contributed by atoms with E-state index in [1.54, 1.807) is 13.0 Å². The number of hydrogen-bond acceptors (Lipinski definition) is 6. The van der Waals surface area contributed by atoms with Crippen LogP contribution in [-0.4, -0.2) is 23.1 Å². The standard InChI is InChI=1S/C18H14N2O2S.CO2/c1-2-22-18(21)15-12-13-6-3-4-11-20(13)17(15)16-9-8-14(23-16)7-5-10-19;2-1-3/h3-9,11-12H,2H2,1H3;/b7-5-;. The van der Waals surface area contributed by atoms with Crippen LogP contribution in [0, 0.1) is 11.3 Å². The van der Waals surface area contributed by atoms with Crippen LogP contribution >= 0.6 is 11.3 Å². The Morgan fingerprint density at radius 1 is 1.31 bits per heavy atom. The summed E-state index contributed by atoms with van der Waals surface area (Å²) in [6.07, 6.45) is 5.38. The molecule has 3 aromatic heterocycles. The van der Waals surface area contributed by atoms with E-state index in [-0.39, 0.29) is 12.1 Å². The summed E-state index contributed by atoms with van der Waals surface area (Å²) >= 11 is 1.53. The second-order valence-corrected chi connectivity index (χ2v) is 5.99. The van der Waals surface area contributed by atoms with Crippen LogP contribution in [0.5, 0.6) is 0 Å². The lowest BCUT2D eigenvalue weighted by atomic mass is 10.2. The first-order valence-corrected chi connectivity index (χ1v) is 8.40. The Kier molecular flexibility index (Phi) is 6.63. The normalized spacial score (nSPS) is 10.0. The minimum atomic E-state index is -0.325. The van der Waals surface area contributed by atoms with Crippen molar-refractivity contribution in [1.29, 1.82) is 5.26 Å². The number of hydrogen-bond donors (Lipinski definition) is 0. The number of carbonyl (C=O) groups is 1. The maximum absolute atomic E-state index is 12.3. The van der Waals surface area contributed by atoms with Crippen LogP contribution in [0.4, 0.5) is 0 Å². The highest BCUT2D eigenvalue weighted by Crippen LogP contribution is 2.34. The van der Waals surface area contributed by atoms with Crippen molar-refractivity contribution in [3.63, 3.8) is 0 Å². The summed E-state index contributed by atoms with van der Waals surface area (Å²) in [4.78, 5) is 30.5. The molecule has 0 aliphatic heterocycles. The van der Waals surface area contributed by atoms with Crippen LogP contribution in [0.15, 0.2) is 48.7 Å². The van der Waals surface area contributed by atoms with Gasteiger partial charge in [-0.1, -0.05) is 6.07 Å². The number of ether oxygens (including phenoxy) is 1. The number of nitriles is 1. The lowest BCUT2D eigenvalue weighted by Crippen LogP contribution is -2.05. The molecule has 0 fully saturated rings. The summed E-state index contributed by atoms with van der Waals surface area (Å²) in [7, 11) is 0. The Morgan fingerprint density at radius 3 is 2.77 bits per heavy atom. The number of fused-ring (bicyclic) bond motifs is 1. The van der Waals surface area contributed by atoms with Crippen molar-refractivity contribution < 1.29 is 19.1 Å². The van der Waals surface area contributed by atoms with Gasteiger partial charge >= 0.3 is 12.1 Å². The minimum absolute atomic E-state index is 0.250. The molecule has 0 unspecified atom stereocenters. The van der Waals surface area contributed by atoms with Crippen molar-refractivity contribution in [3.8, 4) is 16.6 Å². The number of pyridine rings is 1. The summed E-state index contributed by atoms with van der Waals surface area (Å²) in [5.41, 5.74) is 2.31. The molecule has 3 rings (SSSR count). The van der Waals surface area contributed by atoms with Crippen LogP contribution in [0.3, 0.4) is 0 Å². The first-order chi connectivity index (χ1) is 12.7. The average molecular weight is 366 g/mol.